The van der Waals surface area contributed by atoms with Gasteiger partial charge in [-0.1, -0.05) is 48.5 Å². The van der Waals surface area contributed by atoms with Gasteiger partial charge >= 0.3 is 12.1 Å². The third-order valence-electron chi connectivity index (χ3n) is 5.44. The molecule has 1 aliphatic carbocycles. The smallest absolute Gasteiger partial charge is 0.411 e. The molecule has 0 atom stereocenters. The van der Waals surface area contributed by atoms with Gasteiger partial charge in [-0.25, -0.2) is 4.79 Å². The zero-order valence-corrected chi connectivity index (χ0v) is 19.7. The highest BCUT2D eigenvalue weighted by atomic mass is 127. The average molecular weight is 556 g/mol. The summed E-state index contributed by atoms with van der Waals surface area (Å²) in [6.45, 7) is 0.255. The van der Waals surface area contributed by atoms with E-state index >= 15 is 0 Å². The van der Waals surface area contributed by atoms with Gasteiger partial charge in [0, 0.05) is 21.6 Å². The minimum absolute atomic E-state index is 0.0286. The van der Waals surface area contributed by atoms with Crippen LogP contribution in [0.5, 0.6) is 0 Å². The standard InChI is InChI=1S/C25H21IN2O5/c26-21-13-15(24(31)27-12-11-23(29)30)9-10-22(21)28-25(32)33-14-20-18-7-3-1-5-16(18)17-6-2-4-8-19(17)20/h1-10,13,20H,11-12,14H2,(H,27,31)(H,28,32)(H,29,30). The SMILES string of the molecule is O=C(O)CCNC(=O)c1ccc(NC(=O)OCC2c3ccccc3-c3ccccc32)c(I)c1. The van der Waals surface area contributed by atoms with Gasteiger partial charge in [0.1, 0.15) is 6.61 Å². The fraction of sp³-hybridized carbons (Fsp3) is 0.160. The lowest BCUT2D eigenvalue weighted by Gasteiger charge is -2.15. The van der Waals surface area contributed by atoms with Crippen molar-refractivity contribution in [2.75, 3.05) is 18.5 Å². The van der Waals surface area contributed by atoms with Gasteiger partial charge in [-0.2, -0.15) is 0 Å². The second-order valence-electron chi connectivity index (χ2n) is 7.54. The maximum atomic E-state index is 12.5. The summed E-state index contributed by atoms with van der Waals surface area (Å²) >= 11 is 2.02. The van der Waals surface area contributed by atoms with Crippen molar-refractivity contribution in [2.45, 2.75) is 12.3 Å². The summed E-state index contributed by atoms with van der Waals surface area (Å²) in [5, 5.41) is 13.9. The van der Waals surface area contributed by atoms with Crippen LogP contribution in [0.4, 0.5) is 10.5 Å². The Hall–Kier alpha value is -3.40. The Morgan fingerprint density at radius 2 is 1.58 bits per heavy atom. The van der Waals surface area contributed by atoms with Crippen molar-refractivity contribution in [3.8, 4) is 11.1 Å². The molecule has 0 radical (unpaired) electrons. The Balaban J connectivity index is 1.38. The Kier molecular flexibility index (Phi) is 6.93. The van der Waals surface area contributed by atoms with Crippen molar-refractivity contribution >= 4 is 46.2 Å². The van der Waals surface area contributed by atoms with E-state index in [-0.39, 0.29) is 31.4 Å². The molecule has 0 fully saturated rings. The van der Waals surface area contributed by atoms with Gasteiger partial charge in [-0.3, -0.25) is 14.9 Å². The van der Waals surface area contributed by atoms with E-state index in [9.17, 15) is 14.4 Å². The van der Waals surface area contributed by atoms with Gasteiger partial charge < -0.3 is 15.2 Å². The third kappa shape index (κ3) is 5.16. The highest BCUT2D eigenvalue weighted by Gasteiger charge is 2.29. The predicted octanol–water partition coefficient (Wildman–Crippen LogP) is 4.86. The summed E-state index contributed by atoms with van der Waals surface area (Å²) in [5.41, 5.74) is 5.50. The number of nitrogens with one attached hydrogen (secondary N) is 2. The van der Waals surface area contributed by atoms with Crippen molar-refractivity contribution in [1.29, 1.82) is 0 Å². The van der Waals surface area contributed by atoms with Crippen LogP contribution in [0.1, 0.15) is 33.8 Å². The van der Waals surface area contributed by atoms with Crippen molar-refractivity contribution in [3.63, 3.8) is 0 Å². The number of hydrogen-bond donors (Lipinski definition) is 3. The molecular weight excluding hydrogens is 535 g/mol. The monoisotopic (exact) mass is 556 g/mol. The molecule has 0 spiro atoms. The van der Waals surface area contributed by atoms with Crippen LogP contribution in [0.3, 0.4) is 0 Å². The first-order valence-corrected chi connectivity index (χ1v) is 11.4. The van der Waals surface area contributed by atoms with Crippen LogP contribution in [0, 0.1) is 3.57 Å². The number of carbonyl (C=O) groups is 3. The summed E-state index contributed by atoms with van der Waals surface area (Å²) in [5.74, 6) is -1.38. The Labute approximate surface area is 204 Å². The molecule has 0 aromatic heterocycles. The molecular formula is C25H21IN2O5. The number of rotatable bonds is 7. The number of carbonyl (C=O) groups excluding carboxylic acids is 2. The number of aliphatic carboxylic acids is 1. The van der Waals surface area contributed by atoms with Gasteiger partial charge in [0.05, 0.1) is 12.1 Å². The fourth-order valence-corrected chi connectivity index (χ4v) is 4.54. The zero-order chi connectivity index (χ0) is 23.4. The molecule has 3 N–H and O–H groups in total. The van der Waals surface area contributed by atoms with Gasteiger partial charge in [-0.15, -0.1) is 0 Å². The first-order valence-electron chi connectivity index (χ1n) is 10.4. The van der Waals surface area contributed by atoms with Crippen LogP contribution >= 0.6 is 22.6 Å². The van der Waals surface area contributed by atoms with Gasteiger partial charge in [0.2, 0.25) is 0 Å². The van der Waals surface area contributed by atoms with Crippen molar-refractivity contribution in [2.24, 2.45) is 0 Å². The molecule has 0 aliphatic heterocycles. The van der Waals surface area contributed by atoms with E-state index in [4.69, 9.17) is 9.84 Å². The van der Waals surface area contributed by atoms with Crippen LogP contribution in [0.25, 0.3) is 11.1 Å². The van der Waals surface area contributed by atoms with E-state index < -0.39 is 12.1 Å². The molecule has 4 rings (SSSR count). The van der Waals surface area contributed by atoms with E-state index in [1.165, 1.54) is 0 Å². The molecule has 168 valence electrons. The number of fused-ring (bicyclic) bond motifs is 3. The summed E-state index contributed by atoms with van der Waals surface area (Å²) < 4.78 is 6.22. The molecule has 1 aliphatic rings. The first-order chi connectivity index (χ1) is 15.9. The highest BCUT2D eigenvalue weighted by molar-refractivity contribution is 14.1. The largest absolute Gasteiger partial charge is 0.481 e. The number of carboxylic acids is 1. The van der Waals surface area contributed by atoms with Crippen molar-refractivity contribution in [1.82, 2.24) is 5.32 Å². The van der Waals surface area contributed by atoms with Crippen LogP contribution in [0.15, 0.2) is 66.7 Å². The number of hydrogen-bond acceptors (Lipinski definition) is 4. The van der Waals surface area contributed by atoms with Crippen LogP contribution in [-0.2, 0) is 9.53 Å². The third-order valence-corrected chi connectivity index (χ3v) is 6.33. The van der Waals surface area contributed by atoms with E-state index in [1.807, 2.05) is 46.9 Å². The number of carboxylic acid groups (broad SMARTS) is 1. The van der Waals surface area contributed by atoms with E-state index in [0.29, 0.717) is 14.8 Å². The van der Waals surface area contributed by atoms with E-state index in [2.05, 4.69) is 34.9 Å². The number of benzene rings is 3. The second kappa shape index (κ2) is 10.0. The van der Waals surface area contributed by atoms with Crippen LogP contribution in [0.2, 0.25) is 0 Å². The average Bonchev–Trinajstić information content (AvgIpc) is 3.12. The lowest BCUT2D eigenvalue weighted by molar-refractivity contribution is -0.136. The Morgan fingerprint density at radius 3 is 2.18 bits per heavy atom. The van der Waals surface area contributed by atoms with E-state index in [1.54, 1.807) is 18.2 Å². The molecule has 0 unspecified atom stereocenters. The minimum atomic E-state index is -0.979. The number of anilines is 1. The molecule has 0 saturated heterocycles. The van der Waals surface area contributed by atoms with Gasteiger partial charge in [0.15, 0.2) is 0 Å². The molecule has 33 heavy (non-hydrogen) atoms. The minimum Gasteiger partial charge on any atom is -0.481 e. The van der Waals surface area contributed by atoms with Crippen molar-refractivity contribution in [3.05, 3.63) is 87.0 Å². The summed E-state index contributed by atoms with van der Waals surface area (Å²) in [4.78, 5) is 35.2. The molecule has 8 heteroatoms. The lowest BCUT2D eigenvalue weighted by Crippen LogP contribution is -2.26. The molecule has 3 aromatic rings. The molecule has 0 saturated carbocycles. The lowest BCUT2D eigenvalue weighted by atomic mass is 9.98. The number of ether oxygens (including phenoxy) is 1. The Morgan fingerprint density at radius 1 is 0.939 bits per heavy atom. The maximum Gasteiger partial charge on any atom is 0.411 e. The topological polar surface area (TPSA) is 105 Å². The maximum absolute atomic E-state index is 12.5. The number of amides is 2. The summed E-state index contributed by atoms with van der Waals surface area (Å²) in [6.07, 6.45) is -0.724. The molecule has 0 heterocycles. The zero-order valence-electron chi connectivity index (χ0n) is 17.5. The fourth-order valence-electron chi connectivity index (χ4n) is 3.89. The van der Waals surface area contributed by atoms with Gasteiger partial charge in [-0.05, 0) is 63.0 Å². The molecule has 7 nitrogen and oxygen atoms in total. The Bertz CT molecular complexity index is 1180. The highest BCUT2D eigenvalue weighted by Crippen LogP contribution is 2.44. The predicted molar refractivity (Wildman–Crippen MR) is 132 cm³/mol. The summed E-state index contributed by atoms with van der Waals surface area (Å²) in [7, 11) is 0. The first kappa shape index (κ1) is 22.8. The quantitative estimate of drug-likeness (QED) is 0.361. The molecule has 2 amide bonds. The second-order valence-corrected chi connectivity index (χ2v) is 8.71. The number of halogens is 1. The normalized spacial score (nSPS) is 11.9. The van der Waals surface area contributed by atoms with E-state index in [0.717, 1.165) is 22.3 Å². The van der Waals surface area contributed by atoms with Crippen LogP contribution in [-0.4, -0.2) is 36.2 Å². The van der Waals surface area contributed by atoms with Gasteiger partial charge in [0.25, 0.3) is 5.91 Å². The van der Waals surface area contributed by atoms with Crippen molar-refractivity contribution < 1.29 is 24.2 Å². The molecule has 0 bridgehead atoms. The molecule has 3 aromatic carbocycles. The van der Waals surface area contributed by atoms with Crippen LogP contribution < -0.4 is 10.6 Å². The summed E-state index contributed by atoms with van der Waals surface area (Å²) in [6, 6.07) is 21.1.